The van der Waals surface area contributed by atoms with Crippen LogP contribution in [0.5, 0.6) is 5.75 Å². The Morgan fingerprint density at radius 1 is 1.00 bits per heavy atom. The van der Waals surface area contributed by atoms with Gasteiger partial charge in [0.15, 0.2) is 15.7 Å². The maximum Gasteiger partial charge on any atom is 0.573 e. The molecule has 13 heteroatoms. The molecule has 5 nitrogen and oxygen atoms in total. The zero-order valence-corrected chi connectivity index (χ0v) is 16.1. The van der Waals surface area contributed by atoms with Gasteiger partial charge in [-0.2, -0.15) is 0 Å². The second kappa shape index (κ2) is 7.87. The van der Waals surface area contributed by atoms with E-state index in [1.165, 1.54) is 0 Å². The molecule has 31 heavy (non-hydrogen) atoms. The van der Waals surface area contributed by atoms with Crippen LogP contribution in [0.1, 0.15) is 12.2 Å². The van der Waals surface area contributed by atoms with Gasteiger partial charge in [-0.15, -0.1) is 13.2 Å². The number of aromatic amines is 1. The second-order valence-corrected chi connectivity index (χ2v) is 8.21. The topological polar surface area (TPSA) is 72.0 Å². The molecule has 0 aliphatic rings. The van der Waals surface area contributed by atoms with Gasteiger partial charge in [0, 0.05) is 17.4 Å². The first-order valence-electron chi connectivity index (χ1n) is 8.20. The van der Waals surface area contributed by atoms with Gasteiger partial charge in [0.25, 0.3) is 6.43 Å². The van der Waals surface area contributed by atoms with E-state index in [4.69, 9.17) is 0 Å². The summed E-state index contributed by atoms with van der Waals surface area (Å²) in [4.78, 5) is 4.67. The molecule has 166 valence electrons. The van der Waals surface area contributed by atoms with Gasteiger partial charge in [0.05, 0.1) is 11.4 Å². The average molecular weight is 468 g/mol. The largest absolute Gasteiger partial charge is 0.573 e. The van der Waals surface area contributed by atoms with Crippen LogP contribution >= 0.6 is 0 Å². The lowest BCUT2D eigenvalue weighted by Crippen LogP contribution is -2.16. The molecule has 0 amide bonds. The Morgan fingerprint density at radius 3 is 2.00 bits per heavy atom. The smallest absolute Gasteiger partial charge is 0.406 e. The molecule has 1 aromatic heterocycles. The Balaban J connectivity index is 2.13. The molecule has 0 bridgehead atoms. The molecule has 0 saturated carbocycles. The lowest BCUT2D eigenvalue weighted by molar-refractivity contribution is -0.274. The zero-order valence-electron chi connectivity index (χ0n) is 15.3. The lowest BCUT2D eigenvalue weighted by atomic mass is 10.0. The molecule has 2 aromatic carbocycles. The normalized spacial score (nSPS) is 12.4. The number of hydrogen-bond acceptors (Lipinski definition) is 4. The molecule has 0 radical (unpaired) electrons. The molecule has 0 aliphatic heterocycles. The highest BCUT2D eigenvalue weighted by atomic mass is 32.2. The summed E-state index contributed by atoms with van der Waals surface area (Å²) in [5, 5.41) is 0. The van der Waals surface area contributed by atoms with E-state index >= 15 is 0 Å². The third-order valence-electron chi connectivity index (χ3n) is 3.95. The fraction of sp³-hybridized carbons (Fsp3) is 0.167. The molecule has 3 aromatic rings. The summed E-state index contributed by atoms with van der Waals surface area (Å²) in [6.45, 7) is 0. The Labute approximate surface area is 170 Å². The van der Waals surface area contributed by atoms with Crippen molar-refractivity contribution in [3.05, 3.63) is 53.9 Å². The van der Waals surface area contributed by atoms with Crippen LogP contribution in [0.3, 0.4) is 0 Å². The maximum atomic E-state index is 14.3. The summed E-state index contributed by atoms with van der Waals surface area (Å²) in [6.07, 6.45) is -7.46. The summed E-state index contributed by atoms with van der Waals surface area (Å²) >= 11 is 0. The summed E-state index contributed by atoms with van der Waals surface area (Å²) in [5.74, 6) is -4.37. The van der Waals surface area contributed by atoms with E-state index < -0.39 is 50.7 Å². The molecule has 1 heterocycles. The van der Waals surface area contributed by atoms with Crippen molar-refractivity contribution in [2.24, 2.45) is 0 Å². The minimum Gasteiger partial charge on any atom is -0.406 e. The number of rotatable bonds is 5. The molecule has 1 N–H and O–H groups in total. The first kappa shape index (κ1) is 22.6. The fourth-order valence-corrected chi connectivity index (χ4v) is 3.61. The predicted molar refractivity (Wildman–Crippen MR) is 94.1 cm³/mol. The highest BCUT2D eigenvalue weighted by Gasteiger charge is 2.31. The number of H-pyrrole nitrogens is 1. The average Bonchev–Trinajstić information content (AvgIpc) is 3.05. The number of nitrogens with one attached hydrogen (secondary N) is 1. The molecule has 3 rings (SSSR count). The zero-order chi connectivity index (χ0) is 23.1. The number of imidazole rings is 1. The van der Waals surface area contributed by atoms with Crippen molar-refractivity contribution in [1.82, 2.24) is 9.97 Å². The number of nitrogens with zero attached hydrogens (tertiary/aromatic N) is 1. The molecule has 0 fully saturated rings. The Bertz CT molecular complexity index is 1200. The first-order valence-corrected chi connectivity index (χ1v) is 10.1. The minimum absolute atomic E-state index is 0.0527. The van der Waals surface area contributed by atoms with Gasteiger partial charge in [-0.25, -0.2) is 31.0 Å². The van der Waals surface area contributed by atoms with Gasteiger partial charge >= 0.3 is 6.36 Å². The molecule has 0 spiro atoms. The molecular formula is C18H11F7N2O3S. The Kier molecular flexibility index (Phi) is 5.74. The standard InChI is InChI=1S/C18H11F7N2O3S/c1-31(28,29)15-11(19)6-9(7-12(15)20)14-13(26-17(27-14)16(21)22)8-2-4-10(5-3-8)30-18(23,24)25/h2-7,16H,1H3,(H,26,27). The molecule has 0 saturated heterocycles. The SMILES string of the molecule is CS(=O)(=O)c1c(F)cc(-c2nc(C(F)F)[nH]c2-c2ccc(OC(F)(F)F)cc2)cc1F. The molecule has 0 aliphatic carbocycles. The Hall–Kier alpha value is -3.09. The maximum absolute atomic E-state index is 14.3. The van der Waals surface area contributed by atoms with Crippen LogP contribution in [0.15, 0.2) is 41.3 Å². The summed E-state index contributed by atoms with van der Waals surface area (Å²) in [6, 6.07) is 5.20. The van der Waals surface area contributed by atoms with Crippen molar-refractivity contribution in [1.29, 1.82) is 0 Å². The third kappa shape index (κ3) is 4.98. The van der Waals surface area contributed by atoms with Gasteiger partial charge in [0.1, 0.15) is 22.3 Å². The number of benzene rings is 2. The van der Waals surface area contributed by atoms with E-state index in [1.54, 1.807) is 0 Å². The van der Waals surface area contributed by atoms with Crippen LogP contribution in [0, 0.1) is 11.6 Å². The van der Waals surface area contributed by atoms with Crippen LogP contribution in [-0.4, -0.2) is 31.0 Å². The summed E-state index contributed by atoms with van der Waals surface area (Å²) < 4.78 is 119. The molecular weight excluding hydrogens is 457 g/mol. The van der Waals surface area contributed by atoms with Crippen LogP contribution in [0.2, 0.25) is 0 Å². The predicted octanol–water partition coefficient (Wildman–Crippen LogP) is 5.26. The highest BCUT2D eigenvalue weighted by Crippen LogP contribution is 2.36. The minimum atomic E-state index is -4.94. The van der Waals surface area contributed by atoms with Crippen LogP contribution in [-0.2, 0) is 9.84 Å². The van der Waals surface area contributed by atoms with Crippen molar-refractivity contribution in [2.75, 3.05) is 6.26 Å². The monoisotopic (exact) mass is 468 g/mol. The van der Waals surface area contributed by atoms with Crippen molar-refractivity contribution >= 4 is 9.84 Å². The fourth-order valence-electron chi connectivity index (χ4n) is 2.79. The second-order valence-electron chi connectivity index (χ2n) is 6.26. The van der Waals surface area contributed by atoms with Crippen molar-refractivity contribution < 1.29 is 43.9 Å². The van der Waals surface area contributed by atoms with Crippen molar-refractivity contribution in [2.45, 2.75) is 17.7 Å². The van der Waals surface area contributed by atoms with Crippen LogP contribution < -0.4 is 4.74 Å². The van der Waals surface area contributed by atoms with Crippen molar-refractivity contribution in [3.8, 4) is 28.3 Å². The number of hydrogen-bond donors (Lipinski definition) is 1. The first-order chi connectivity index (χ1) is 14.3. The number of halogens is 7. The van der Waals surface area contributed by atoms with Crippen LogP contribution in [0.4, 0.5) is 30.7 Å². The molecule has 0 unspecified atom stereocenters. The van der Waals surface area contributed by atoms with E-state index in [0.717, 1.165) is 24.3 Å². The van der Waals surface area contributed by atoms with E-state index in [1.807, 2.05) is 0 Å². The van der Waals surface area contributed by atoms with E-state index in [9.17, 15) is 39.2 Å². The summed E-state index contributed by atoms with van der Waals surface area (Å²) in [5.41, 5.74) is -0.856. The number of aromatic nitrogens is 2. The quantitative estimate of drug-likeness (QED) is 0.519. The highest BCUT2D eigenvalue weighted by molar-refractivity contribution is 7.90. The third-order valence-corrected chi connectivity index (χ3v) is 5.08. The van der Waals surface area contributed by atoms with E-state index in [-0.39, 0.29) is 22.5 Å². The van der Waals surface area contributed by atoms with Gasteiger partial charge in [-0.3, -0.25) is 0 Å². The lowest BCUT2D eigenvalue weighted by Gasteiger charge is -2.10. The number of ether oxygens (including phenoxy) is 1. The van der Waals surface area contributed by atoms with Crippen molar-refractivity contribution in [3.63, 3.8) is 0 Å². The number of sulfone groups is 1. The van der Waals surface area contributed by atoms with E-state index in [0.29, 0.717) is 18.4 Å². The molecule has 0 atom stereocenters. The van der Waals surface area contributed by atoms with Crippen LogP contribution in [0.25, 0.3) is 22.5 Å². The Morgan fingerprint density at radius 2 is 1.55 bits per heavy atom. The van der Waals surface area contributed by atoms with Gasteiger partial charge in [0.2, 0.25) is 0 Å². The van der Waals surface area contributed by atoms with E-state index in [2.05, 4.69) is 14.7 Å². The summed E-state index contributed by atoms with van der Waals surface area (Å²) in [7, 11) is -4.26. The number of alkyl halides is 5. The van der Waals surface area contributed by atoms with Gasteiger partial charge in [-0.1, -0.05) is 0 Å². The van der Waals surface area contributed by atoms with Gasteiger partial charge < -0.3 is 9.72 Å². The van der Waals surface area contributed by atoms with Gasteiger partial charge in [-0.05, 0) is 36.4 Å².